The van der Waals surface area contributed by atoms with Gasteiger partial charge in [-0.25, -0.2) is 0 Å². The molecular formula is C24H31ClN2O3. The summed E-state index contributed by atoms with van der Waals surface area (Å²) in [6, 6.07) is 12.6. The molecular weight excluding hydrogens is 400 g/mol. The molecule has 0 saturated heterocycles. The number of hydrogen-bond acceptors (Lipinski definition) is 3. The maximum atomic E-state index is 13.2. The van der Waals surface area contributed by atoms with Gasteiger partial charge in [-0.3, -0.25) is 9.59 Å². The molecule has 162 valence electrons. The molecule has 5 nitrogen and oxygen atoms in total. The topological polar surface area (TPSA) is 58.6 Å². The number of amides is 2. The van der Waals surface area contributed by atoms with Gasteiger partial charge in [-0.15, -0.1) is 0 Å². The summed E-state index contributed by atoms with van der Waals surface area (Å²) in [5.41, 5.74) is 2.92. The fourth-order valence-corrected chi connectivity index (χ4v) is 3.54. The quantitative estimate of drug-likeness (QED) is 0.595. The standard InChI is InChI=1S/C24H31ClN2O3/c1-5-11-26-24(29)22(6-2)27(15-19-9-7-8-10-21(19)25)23(28)16-30-20-13-17(3)12-18(4)14-20/h7-10,12-14,22H,5-6,11,15-16H2,1-4H3,(H,26,29)/t22-/m0/s1. The fraction of sp³-hybridized carbons (Fsp3) is 0.417. The van der Waals surface area contributed by atoms with E-state index in [-0.39, 0.29) is 25.0 Å². The number of nitrogens with zero attached hydrogens (tertiary/aromatic N) is 1. The monoisotopic (exact) mass is 430 g/mol. The summed E-state index contributed by atoms with van der Waals surface area (Å²) in [7, 11) is 0. The largest absolute Gasteiger partial charge is 0.484 e. The van der Waals surface area contributed by atoms with Gasteiger partial charge in [0.1, 0.15) is 11.8 Å². The van der Waals surface area contributed by atoms with Crippen LogP contribution in [0.1, 0.15) is 43.4 Å². The van der Waals surface area contributed by atoms with Crippen LogP contribution in [0.2, 0.25) is 5.02 Å². The SMILES string of the molecule is CCCNC(=O)[C@H](CC)N(Cc1ccccc1Cl)C(=O)COc1cc(C)cc(C)c1. The minimum atomic E-state index is -0.594. The molecule has 0 aliphatic rings. The van der Waals surface area contributed by atoms with Crippen LogP contribution in [0.5, 0.6) is 5.75 Å². The zero-order valence-corrected chi connectivity index (χ0v) is 19.0. The average molecular weight is 431 g/mol. The number of hydrogen-bond donors (Lipinski definition) is 1. The number of carbonyl (C=O) groups is 2. The molecule has 0 bridgehead atoms. The van der Waals surface area contributed by atoms with Crippen LogP contribution in [0.4, 0.5) is 0 Å². The highest BCUT2D eigenvalue weighted by atomic mass is 35.5. The van der Waals surface area contributed by atoms with E-state index in [4.69, 9.17) is 16.3 Å². The molecule has 2 rings (SSSR count). The van der Waals surface area contributed by atoms with E-state index < -0.39 is 6.04 Å². The van der Waals surface area contributed by atoms with Gasteiger partial charge in [-0.05, 0) is 61.6 Å². The molecule has 0 unspecified atom stereocenters. The Morgan fingerprint density at radius 1 is 1.10 bits per heavy atom. The molecule has 2 aromatic carbocycles. The van der Waals surface area contributed by atoms with Crippen molar-refractivity contribution < 1.29 is 14.3 Å². The molecule has 0 aliphatic carbocycles. The maximum absolute atomic E-state index is 13.2. The van der Waals surface area contributed by atoms with Crippen molar-refractivity contribution in [1.82, 2.24) is 10.2 Å². The Kier molecular flexibility index (Phi) is 9.18. The second-order valence-corrected chi connectivity index (χ2v) is 7.85. The average Bonchev–Trinajstić information content (AvgIpc) is 2.71. The van der Waals surface area contributed by atoms with Crippen LogP contribution < -0.4 is 10.1 Å². The molecule has 1 N–H and O–H groups in total. The van der Waals surface area contributed by atoms with E-state index in [2.05, 4.69) is 5.32 Å². The summed E-state index contributed by atoms with van der Waals surface area (Å²) in [4.78, 5) is 27.5. The van der Waals surface area contributed by atoms with Crippen LogP contribution in [-0.4, -0.2) is 35.9 Å². The van der Waals surface area contributed by atoms with Crippen LogP contribution in [0, 0.1) is 13.8 Å². The van der Waals surface area contributed by atoms with Gasteiger partial charge in [-0.2, -0.15) is 0 Å². The lowest BCUT2D eigenvalue weighted by atomic mass is 10.1. The number of carbonyl (C=O) groups excluding carboxylic acids is 2. The molecule has 1 atom stereocenters. The van der Waals surface area contributed by atoms with E-state index in [1.807, 2.05) is 64.1 Å². The highest BCUT2D eigenvalue weighted by Gasteiger charge is 2.29. The minimum absolute atomic E-state index is 0.148. The molecule has 0 aromatic heterocycles. The summed E-state index contributed by atoms with van der Waals surface area (Å²) in [6.45, 7) is 8.52. The summed E-state index contributed by atoms with van der Waals surface area (Å²) < 4.78 is 5.78. The first-order valence-electron chi connectivity index (χ1n) is 10.4. The Bertz CT molecular complexity index is 849. The third-order valence-corrected chi connectivity index (χ3v) is 5.16. The van der Waals surface area contributed by atoms with Crippen molar-refractivity contribution in [2.45, 2.75) is 53.1 Å². The second-order valence-electron chi connectivity index (χ2n) is 7.44. The summed E-state index contributed by atoms with van der Waals surface area (Å²) in [6.07, 6.45) is 1.33. The fourth-order valence-electron chi connectivity index (χ4n) is 3.34. The van der Waals surface area contributed by atoms with E-state index >= 15 is 0 Å². The van der Waals surface area contributed by atoms with Gasteiger partial charge in [-0.1, -0.05) is 49.7 Å². The van der Waals surface area contributed by atoms with Crippen molar-refractivity contribution in [3.8, 4) is 5.75 Å². The summed E-state index contributed by atoms with van der Waals surface area (Å²) in [5, 5.41) is 3.47. The number of benzene rings is 2. The Balaban J connectivity index is 2.22. The predicted molar refractivity (Wildman–Crippen MR) is 121 cm³/mol. The summed E-state index contributed by atoms with van der Waals surface area (Å²) >= 11 is 6.32. The highest BCUT2D eigenvalue weighted by molar-refractivity contribution is 6.31. The van der Waals surface area contributed by atoms with Crippen molar-refractivity contribution in [3.63, 3.8) is 0 Å². The molecule has 0 heterocycles. The van der Waals surface area contributed by atoms with Gasteiger partial charge in [0.05, 0.1) is 0 Å². The first-order chi connectivity index (χ1) is 14.3. The molecule has 2 amide bonds. The maximum Gasteiger partial charge on any atom is 0.261 e. The van der Waals surface area contributed by atoms with E-state index in [1.54, 1.807) is 11.0 Å². The Hall–Kier alpha value is -2.53. The zero-order chi connectivity index (χ0) is 22.1. The van der Waals surface area contributed by atoms with Crippen molar-refractivity contribution >= 4 is 23.4 Å². The van der Waals surface area contributed by atoms with Gasteiger partial charge >= 0.3 is 0 Å². The van der Waals surface area contributed by atoms with Gasteiger partial charge < -0.3 is 15.0 Å². The first kappa shape index (κ1) is 23.7. The molecule has 0 spiro atoms. The van der Waals surface area contributed by atoms with Gasteiger partial charge in [0.15, 0.2) is 6.61 Å². The van der Waals surface area contributed by atoms with Crippen molar-refractivity contribution in [2.24, 2.45) is 0 Å². The molecule has 2 aromatic rings. The van der Waals surface area contributed by atoms with Crippen molar-refractivity contribution in [3.05, 3.63) is 64.2 Å². The molecule has 0 fully saturated rings. The molecule has 0 radical (unpaired) electrons. The number of halogens is 1. The van der Waals surface area contributed by atoms with Crippen LogP contribution in [-0.2, 0) is 16.1 Å². The number of rotatable bonds is 10. The second kappa shape index (κ2) is 11.6. The predicted octanol–water partition coefficient (Wildman–Crippen LogP) is 4.67. The Morgan fingerprint density at radius 3 is 2.37 bits per heavy atom. The first-order valence-corrected chi connectivity index (χ1v) is 10.7. The minimum Gasteiger partial charge on any atom is -0.484 e. The molecule has 0 aliphatic heterocycles. The van der Waals surface area contributed by atoms with E-state index in [0.29, 0.717) is 23.7 Å². The van der Waals surface area contributed by atoms with Gasteiger partial charge in [0.25, 0.3) is 5.91 Å². The van der Waals surface area contributed by atoms with E-state index in [9.17, 15) is 9.59 Å². The van der Waals surface area contributed by atoms with Crippen LogP contribution >= 0.6 is 11.6 Å². The normalized spacial score (nSPS) is 11.6. The lowest BCUT2D eigenvalue weighted by Crippen LogP contribution is -2.50. The number of aryl methyl sites for hydroxylation is 2. The van der Waals surface area contributed by atoms with Crippen LogP contribution in [0.15, 0.2) is 42.5 Å². The smallest absolute Gasteiger partial charge is 0.261 e. The van der Waals surface area contributed by atoms with E-state index in [1.165, 1.54) is 0 Å². The van der Waals surface area contributed by atoms with Crippen molar-refractivity contribution in [2.75, 3.05) is 13.2 Å². The molecule has 6 heteroatoms. The highest BCUT2D eigenvalue weighted by Crippen LogP contribution is 2.21. The molecule has 30 heavy (non-hydrogen) atoms. The lowest BCUT2D eigenvalue weighted by molar-refractivity contribution is -0.143. The van der Waals surface area contributed by atoms with Crippen LogP contribution in [0.25, 0.3) is 0 Å². The van der Waals surface area contributed by atoms with Gasteiger partial charge in [0, 0.05) is 18.1 Å². The summed E-state index contributed by atoms with van der Waals surface area (Å²) in [5.74, 6) is 0.223. The van der Waals surface area contributed by atoms with Gasteiger partial charge in [0.2, 0.25) is 5.91 Å². The third-order valence-electron chi connectivity index (χ3n) is 4.79. The molecule has 0 saturated carbocycles. The Morgan fingerprint density at radius 2 is 1.77 bits per heavy atom. The number of ether oxygens (including phenoxy) is 1. The zero-order valence-electron chi connectivity index (χ0n) is 18.2. The van der Waals surface area contributed by atoms with E-state index in [0.717, 1.165) is 23.1 Å². The van der Waals surface area contributed by atoms with Crippen molar-refractivity contribution in [1.29, 1.82) is 0 Å². The third kappa shape index (κ3) is 6.77. The number of nitrogens with one attached hydrogen (secondary N) is 1. The van der Waals surface area contributed by atoms with Crippen LogP contribution in [0.3, 0.4) is 0 Å². The Labute approximate surface area is 184 Å². The lowest BCUT2D eigenvalue weighted by Gasteiger charge is -2.30.